The number of aliphatic hydroxyl groups is 2. The first-order valence-electron chi connectivity index (χ1n) is 8.50. The fraction of sp³-hybridized carbons (Fsp3) is 0.882. The van der Waals surface area contributed by atoms with Crippen molar-refractivity contribution >= 4 is 11.9 Å². The molecule has 0 heterocycles. The van der Waals surface area contributed by atoms with Crippen LogP contribution in [0.4, 0.5) is 0 Å². The highest BCUT2D eigenvalue weighted by atomic mass is 16.5. The first-order valence-corrected chi connectivity index (χ1v) is 8.50. The second-order valence-corrected chi connectivity index (χ2v) is 6.69. The van der Waals surface area contributed by atoms with Crippen LogP contribution < -0.4 is 5.32 Å². The quantitative estimate of drug-likeness (QED) is 0.472. The minimum absolute atomic E-state index is 0.0717. The van der Waals surface area contributed by atoms with E-state index in [1.807, 2.05) is 0 Å². The number of hydrogen-bond donors (Lipinski definition) is 3. The molecule has 1 amide bonds. The fourth-order valence-electron chi connectivity index (χ4n) is 2.01. The van der Waals surface area contributed by atoms with Gasteiger partial charge in [-0.05, 0) is 12.3 Å². The van der Waals surface area contributed by atoms with Gasteiger partial charge < -0.3 is 20.3 Å². The number of amides is 1. The van der Waals surface area contributed by atoms with Crippen LogP contribution in [0.15, 0.2) is 0 Å². The van der Waals surface area contributed by atoms with Crippen LogP contribution in [-0.2, 0) is 14.3 Å². The Morgan fingerprint density at radius 1 is 1.26 bits per heavy atom. The number of ether oxygens (including phenoxy) is 1. The van der Waals surface area contributed by atoms with Gasteiger partial charge in [0, 0.05) is 12.0 Å². The molecule has 0 radical (unpaired) electrons. The molecule has 0 aliphatic heterocycles. The van der Waals surface area contributed by atoms with E-state index >= 15 is 0 Å². The van der Waals surface area contributed by atoms with E-state index in [0.717, 1.165) is 25.7 Å². The average molecular weight is 331 g/mol. The molecule has 0 rings (SSSR count). The average Bonchev–Trinajstić information content (AvgIpc) is 2.54. The lowest BCUT2D eigenvalue weighted by atomic mass is 9.87. The van der Waals surface area contributed by atoms with Crippen LogP contribution in [-0.4, -0.2) is 48.0 Å². The summed E-state index contributed by atoms with van der Waals surface area (Å²) >= 11 is 0. The summed E-state index contributed by atoms with van der Waals surface area (Å²) in [4.78, 5) is 23.4. The standard InChI is InChI=1S/C17H33NO5/c1-5-7-8-13(6-2)11-23-14(20)9-10-18-16(22)15(21)17(3,4)12-19/h13,15,19,21H,5-12H2,1-4H3,(H,18,22)/t13?,15-/m0/s1. The largest absolute Gasteiger partial charge is 0.465 e. The first kappa shape index (κ1) is 21.9. The van der Waals surface area contributed by atoms with Crippen LogP contribution >= 0.6 is 0 Å². The van der Waals surface area contributed by atoms with Gasteiger partial charge in [-0.25, -0.2) is 0 Å². The number of esters is 1. The third kappa shape index (κ3) is 8.91. The number of unbranched alkanes of at least 4 members (excludes halogenated alkanes) is 1. The minimum Gasteiger partial charge on any atom is -0.465 e. The first-order chi connectivity index (χ1) is 10.8. The molecule has 6 heteroatoms. The van der Waals surface area contributed by atoms with Gasteiger partial charge in [0.25, 0.3) is 0 Å². The summed E-state index contributed by atoms with van der Waals surface area (Å²) in [6.45, 7) is 7.62. The van der Waals surface area contributed by atoms with E-state index in [1.54, 1.807) is 13.8 Å². The molecular formula is C17H33NO5. The maximum Gasteiger partial charge on any atom is 0.307 e. The zero-order valence-electron chi connectivity index (χ0n) is 14.9. The number of carbonyl (C=O) groups is 2. The van der Waals surface area contributed by atoms with E-state index in [1.165, 1.54) is 0 Å². The van der Waals surface area contributed by atoms with Crippen LogP contribution in [0.2, 0.25) is 0 Å². The van der Waals surface area contributed by atoms with Gasteiger partial charge in [-0.2, -0.15) is 0 Å². The molecule has 0 spiro atoms. The van der Waals surface area contributed by atoms with Crippen LogP contribution in [0.25, 0.3) is 0 Å². The van der Waals surface area contributed by atoms with Crippen LogP contribution in [0.1, 0.15) is 59.8 Å². The molecule has 0 bridgehead atoms. The molecule has 0 aromatic heterocycles. The Bertz CT molecular complexity index is 357. The van der Waals surface area contributed by atoms with Crippen molar-refractivity contribution in [1.29, 1.82) is 0 Å². The molecule has 0 aromatic carbocycles. The Morgan fingerprint density at radius 2 is 1.91 bits per heavy atom. The molecular weight excluding hydrogens is 298 g/mol. The van der Waals surface area contributed by atoms with Crippen molar-refractivity contribution in [3.8, 4) is 0 Å². The van der Waals surface area contributed by atoms with Crippen LogP contribution in [0, 0.1) is 11.3 Å². The molecule has 0 saturated carbocycles. The molecule has 0 aliphatic rings. The highest BCUT2D eigenvalue weighted by molar-refractivity contribution is 5.81. The molecule has 0 aliphatic carbocycles. The van der Waals surface area contributed by atoms with Gasteiger partial charge in [0.1, 0.15) is 6.10 Å². The van der Waals surface area contributed by atoms with Crippen molar-refractivity contribution in [1.82, 2.24) is 5.32 Å². The lowest BCUT2D eigenvalue weighted by Crippen LogP contribution is -2.46. The predicted molar refractivity (Wildman–Crippen MR) is 88.8 cm³/mol. The van der Waals surface area contributed by atoms with Crippen LogP contribution in [0.3, 0.4) is 0 Å². The molecule has 23 heavy (non-hydrogen) atoms. The van der Waals surface area contributed by atoms with Gasteiger partial charge in [0.05, 0.1) is 19.6 Å². The van der Waals surface area contributed by atoms with Gasteiger partial charge in [0.15, 0.2) is 0 Å². The highest BCUT2D eigenvalue weighted by Crippen LogP contribution is 2.19. The SMILES string of the molecule is CCCCC(CC)COC(=O)CCNC(=O)[C@H](O)C(C)(C)CO. The van der Waals surface area contributed by atoms with Crippen molar-refractivity contribution < 1.29 is 24.5 Å². The normalized spacial score (nSPS) is 14.2. The zero-order chi connectivity index (χ0) is 17.9. The Labute approximate surface area is 139 Å². The Morgan fingerprint density at radius 3 is 2.43 bits per heavy atom. The molecule has 136 valence electrons. The summed E-state index contributed by atoms with van der Waals surface area (Å²) in [5.74, 6) is -0.553. The van der Waals surface area contributed by atoms with E-state index in [4.69, 9.17) is 9.84 Å². The predicted octanol–water partition coefficient (Wildman–Crippen LogP) is 1.63. The highest BCUT2D eigenvalue weighted by Gasteiger charge is 2.32. The molecule has 3 N–H and O–H groups in total. The maximum absolute atomic E-state index is 11.7. The fourth-order valence-corrected chi connectivity index (χ4v) is 2.01. The van der Waals surface area contributed by atoms with Gasteiger partial charge in [0.2, 0.25) is 5.91 Å². The second-order valence-electron chi connectivity index (χ2n) is 6.69. The lowest BCUT2D eigenvalue weighted by Gasteiger charge is -2.27. The van der Waals surface area contributed by atoms with Gasteiger partial charge in [-0.15, -0.1) is 0 Å². The van der Waals surface area contributed by atoms with Crippen molar-refractivity contribution in [3.63, 3.8) is 0 Å². The van der Waals surface area contributed by atoms with Crippen LogP contribution in [0.5, 0.6) is 0 Å². The Kier molecular flexibility index (Phi) is 10.8. The summed E-state index contributed by atoms with van der Waals surface area (Å²) in [7, 11) is 0. The van der Waals surface area contributed by atoms with Gasteiger partial charge in [-0.1, -0.05) is 47.0 Å². The lowest BCUT2D eigenvalue weighted by molar-refractivity contribution is -0.145. The third-order valence-electron chi connectivity index (χ3n) is 4.05. The summed E-state index contributed by atoms with van der Waals surface area (Å²) in [5.41, 5.74) is -0.918. The Balaban J connectivity index is 4.00. The summed E-state index contributed by atoms with van der Waals surface area (Å²) in [5, 5.41) is 21.4. The minimum atomic E-state index is -1.32. The number of nitrogens with one attached hydrogen (secondary N) is 1. The molecule has 0 aromatic rings. The number of rotatable bonds is 12. The summed E-state index contributed by atoms with van der Waals surface area (Å²) < 4.78 is 5.23. The van der Waals surface area contributed by atoms with E-state index in [2.05, 4.69) is 19.2 Å². The Hall–Kier alpha value is -1.14. The number of carbonyl (C=O) groups excluding carboxylic acids is 2. The number of aliphatic hydroxyl groups excluding tert-OH is 2. The van der Waals surface area contributed by atoms with Crippen molar-refractivity contribution in [2.24, 2.45) is 11.3 Å². The van der Waals surface area contributed by atoms with Crippen molar-refractivity contribution in [3.05, 3.63) is 0 Å². The zero-order valence-corrected chi connectivity index (χ0v) is 14.9. The van der Waals surface area contributed by atoms with Crippen molar-refractivity contribution in [2.45, 2.75) is 65.9 Å². The maximum atomic E-state index is 11.7. The second kappa shape index (κ2) is 11.4. The topological polar surface area (TPSA) is 95.9 Å². The van der Waals surface area contributed by atoms with E-state index < -0.39 is 17.4 Å². The monoisotopic (exact) mass is 331 g/mol. The van der Waals surface area contributed by atoms with Crippen molar-refractivity contribution in [2.75, 3.05) is 19.8 Å². The summed E-state index contributed by atoms with van der Waals surface area (Å²) in [6, 6.07) is 0. The molecule has 6 nitrogen and oxygen atoms in total. The molecule has 0 saturated heterocycles. The smallest absolute Gasteiger partial charge is 0.307 e. The molecule has 1 unspecified atom stereocenters. The van der Waals surface area contributed by atoms with E-state index in [9.17, 15) is 14.7 Å². The molecule has 0 fully saturated rings. The third-order valence-corrected chi connectivity index (χ3v) is 4.05. The van der Waals surface area contributed by atoms with E-state index in [-0.39, 0.29) is 25.5 Å². The number of hydrogen-bond acceptors (Lipinski definition) is 5. The van der Waals surface area contributed by atoms with Gasteiger partial charge in [-0.3, -0.25) is 9.59 Å². The van der Waals surface area contributed by atoms with Gasteiger partial charge >= 0.3 is 5.97 Å². The summed E-state index contributed by atoms with van der Waals surface area (Å²) in [6.07, 6.45) is 3.05. The molecule has 2 atom stereocenters. The van der Waals surface area contributed by atoms with E-state index in [0.29, 0.717) is 12.5 Å².